The van der Waals surface area contributed by atoms with Crippen LogP contribution >= 0.6 is 11.6 Å². The minimum absolute atomic E-state index is 0.406. The molecule has 1 atom stereocenters. The van der Waals surface area contributed by atoms with Crippen LogP contribution in [0.25, 0.3) is 0 Å². The van der Waals surface area contributed by atoms with Gasteiger partial charge in [-0.3, -0.25) is 0 Å². The van der Waals surface area contributed by atoms with Gasteiger partial charge in [0.25, 0.3) is 0 Å². The van der Waals surface area contributed by atoms with Crippen LogP contribution in [0.15, 0.2) is 24.3 Å². The van der Waals surface area contributed by atoms with E-state index in [0.717, 1.165) is 10.9 Å². The average molecular weight is 308 g/mol. The first-order valence-electron chi connectivity index (χ1n) is 8.44. The molecule has 1 aromatic rings. The monoisotopic (exact) mass is 307 g/mol. The molecule has 2 heteroatoms. The van der Waals surface area contributed by atoms with Gasteiger partial charge < -0.3 is 5.32 Å². The van der Waals surface area contributed by atoms with Gasteiger partial charge in [0, 0.05) is 17.1 Å². The molecule has 1 aliphatic carbocycles. The van der Waals surface area contributed by atoms with Crippen LogP contribution in [0.3, 0.4) is 0 Å². The maximum absolute atomic E-state index is 5.96. The number of hydrogen-bond donors (Lipinski definition) is 1. The van der Waals surface area contributed by atoms with Crippen molar-refractivity contribution in [2.45, 2.75) is 71.9 Å². The number of nitrogens with one attached hydrogen (secondary N) is 1. The lowest BCUT2D eigenvalue weighted by Crippen LogP contribution is -2.38. The molecule has 0 saturated heterocycles. The average Bonchev–Trinajstić information content (AvgIpc) is 2.48. The Kier molecular flexibility index (Phi) is 5.73. The minimum atomic E-state index is 0.406. The Morgan fingerprint density at radius 3 is 2.24 bits per heavy atom. The van der Waals surface area contributed by atoms with Gasteiger partial charge in [0.1, 0.15) is 0 Å². The Bertz CT molecular complexity index is 429. The van der Waals surface area contributed by atoms with Crippen molar-refractivity contribution in [1.82, 2.24) is 5.32 Å². The zero-order chi connectivity index (χ0) is 15.5. The topological polar surface area (TPSA) is 12.0 Å². The van der Waals surface area contributed by atoms with E-state index in [1.54, 1.807) is 0 Å². The first-order chi connectivity index (χ1) is 9.92. The van der Waals surface area contributed by atoms with Crippen molar-refractivity contribution in [1.29, 1.82) is 0 Å². The lowest BCUT2D eigenvalue weighted by atomic mass is 9.69. The van der Waals surface area contributed by atoms with Crippen LogP contribution in [0, 0.1) is 11.3 Å². The Labute approximate surface area is 135 Å². The molecule has 2 rings (SSSR count). The summed E-state index contributed by atoms with van der Waals surface area (Å²) in [5.41, 5.74) is 1.84. The molecule has 0 bridgehead atoms. The highest BCUT2D eigenvalue weighted by molar-refractivity contribution is 6.30. The molecule has 0 radical (unpaired) electrons. The SMILES string of the molecule is CCC(C)(C)C1CCC(N[C@@H](C)c2ccc(Cl)cc2)CC1. The first-order valence-corrected chi connectivity index (χ1v) is 8.81. The van der Waals surface area contributed by atoms with E-state index in [2.05, 4.69) is 45.1 Å². The number of halogens is 1. The first kappa shape index (κ1) is 16.8. The molecule has 0 aromatic heterocycles. The van der Waals surface area contributed by atoms with Crippen LogP contribution in [-0.2, 0) is 0 Å². The predicted octanol–water partition coefficient (Wildman–Crippen LogP) is 5.99. The molecule has 1 saturated carbocycles. The summed E-state index contributed by atoms with van der Waals surface area (Å²) in [6.07, 6.45) is 6.65. The predicted molar refractivity (Wildman–Crippen MR) is 92.8 cm³/mol. The third-order valence-corrected chi connectivity index (χ3v) is 5.85. The molecule has 0 aliphatic heterocycles. The van der Waals surface area contributed by atoms with Gasteiger partial charge >= 0.3 is 0 Å². The second kappa shape index (κ2) is 7.15. The van der Waals surface area contributed by atoms with Gasteiger partial charge in [0.15, 0.2) is 0 Å². The lowest BCUT2D eigenvalue weighted by Gasteiger charge is -2.39. The molecule has 1 nitrogen and oxygen atoms in total. The summed E-state index contributed by atoms with van der Waals surface area (Å²) in [6.45, 7) is 9.45. The largest absolute Gasteiger partial charge is 0.307 e. The summed E-state index contributed by atoms with van der Waals surface area (Å²) in [5.74, 6) is 0.895. The number of rotatable bonds is 5. The molecule has 0 spiro atoms. The Balaban J connectivity index is 1.84. The third kappa shape index (κ3) is 4.47. The van der Waals surface area contributed by atoms with Gasteiger partial charge in [0.05, 0.1) is 0 Å². The smallest absolute Gasteiger partial charge is 0.0406 e. The van der Waals surface area contributed by atoms with Crippen LogP contribution in [0.5, 0.6) is 0 Å². The molecule has 0 heterocycles. The third-order valence-electron chi connectivity index (χ3n) is 5.60. The van der Waals surface area contributed by atoms with Crippen molar-refractivity contribution in [3.63, 3.8) is 0 Å². The van der Waals surface area contributed by atoms with Crippen LogP contribution in [0.1, 0.15) is 71.4 Å². The van der Waals surface area contributed by atoms with E-state index in [0.29, 0.717) is 17.5 Å². The van der Waals surface area contributed by atoms with Crippen LogP contribution in [0.4, 0.5) is 0 Å². The van der Waals surface area contributed by atoms with Crippen molar-refractivity contribution in [2.75, 3.05) is 0 Å². The molecule has 1 aliphatic rings. The molecule has 118 valence electrons. The van der Waals surface area contributed by atoms with E-state index < -0.39 is 0 Å². The summed E-state index contributed by atoms with van der Waals surface area (Å²) in [7, 11) is 0. The summed E-state index contributed by atoms with van der Waals surface area (Å²) < 4.78 is 0. The second-order valence-corrected chi connectivity index (χ2v) is 7.77. The fourth-order valence-corrected chi connectivity index (χ4v) is 3.66. The highest BCUT2D eigenvalue weighted by atomic mass is 35.5. The van der Waals surface area contributed by atoms with Gasteiger partial charge in [-0.1, -0.05) is 50.9 Å². The van der Waals surface area contributed by atoms with Crippen LogP contribution < -0.4 is 5.32 Å². The molecular weight excluding hydrogens is 278 g/mol. The van der Waals surface area contributed by atoms with E-state index in [4.69, 9.17) is 11.6 Å². The Morgan fingerprint density at radius 2 is 1.71 bits per heavy atom. The van der Waals surface area contributed by atoms with Crippen molar-refractivity contribution in [3.05, 3.63) is 34.9 Å². The van der Waals surface area contributed by atoms with Crippen molar-refractivity contribution >= 4 is 11.6 Å². The summed E-state index contributed by atoms with van der Waals surface area (Å²) in [4.78, 5) is 0. The molecule has 1 aromatic carbocycles. The molecule has 21 heavy (non-hydrogen) atoms. The van der Waals surface area contributed by atoms with Gasteiger partial charge in [-0.15, -0.1) is 0 Å². The van der Waals surface area contributed by atoms with Crippen LogP contribution in [-0.4, -0.2) is 6.04 Å². The quantitative estimate of drug-likeness (QED) is 0.705. The highest BCUT2D eigenvalue weighted by Gasteiger charge is 2.32. The summed E-state index contributed by atoms with van der Waals surface area (Å²) in [5, 5.41) is 4.61. The van der Waals surface area contributed by atoms with Gasteiger partial charge in [-0.2, -0.15) is 0 Å². The van der Waals surface area contributed by atoms with Gasteiger partial charge in [-0.05, 0) is 61.6 Å². The zero-order valence-electron chi connectivity index (χ0n) is 14.0. The van der Waals surface area contributed by atoms with E-state index >= 15 is 0 Å². The minimum Gasteiger partial charge on any atom is -0.307 e. The maximum Gasteiger partial charge on any atom is 0.0406 e. The number of hydrogen-bond acceptors (Lipinski definition) is 1. The number of benzene rings is 1. The van der Waals surface area contributed by atoms with Gasteiger partial charge in [-0.25, -0.2) is 0 Å². The van der Waals surface area contributed by atoms with Crippen LogP contribution in [0.2, 0.25) is 5.02 Å². The fraction of sp³-hybridized carbons (Fsp3) is 0.684. The van der Waals surface area contributed by atoms with Gasteiger partial charge in [0.2, 0.25) is 0 Å². The van der Waals surface area contributed by atoms with Crippen molar-refractivity contribution < 1.29 is 0 Å². The second-order valence-electron chi connectivity index (χ2n) is 7.33. The molecule has 0 unspecified atom stereocenters. The normalized spacial score (nSPS) is 24.8. The Morgan fingerprint density at radius 1 is 1.14 bits per heavy atom. The standard InChI is InChI=1S/C19H30ClN/c1-5-19(3,4)16-8-12-18(13-9-16)21-14(2)15-6-10-17(20)11-7-15/h6-7,10-11,14,16,18,21H,5,8-9,12-13H2,1-4H3/t14-,16?,18?/m0/s1. The van der Waals surface area contributed by atoms with E-state index in [9.17, 15) is 0 Å². The zero-order valence-corrected chi connectivity index (χ0v) is 14.7. The van der Waals surface area contributed by atoms with E-state index in [1.165, 1.54) is 37.7 Å². The molecule has 1 N–H and O–H groups in total. The highest BCUT2D eigenvalue weighted by Crippen LogP contribution is 2.40. The van der Waals surface area contributed by atoms with Crippen molar-refractivity contribution in [2.24, 2.45) is 11.3 Å². The molecule has 0 amide bonds. The fourth-order valence-electron chi connectivity index (χ4n) is 3.53. The molecule has 1 fully saturated rings. The van der Waals surface area contributed by atoms with Crippen molar-refractivity contribution in [3.8, 4) is 0 Å². The molecular formula is C19H30ClN. The Hall–Kier alpha value is -0.530. The maximum atomic E-state index is 5.96. The summed E-state index contributed by atoms with van der Waals surface area (Å²) in [6, 6.07) is 9.30. The summed E-state index contributed by atoms with van der Waals surface area (Å²) >= 11 is 5.96. The van der Waals surface area contributed by atoms with E-state index in [1.807, 2.05) is 12.1 Å². The van der Waals surface area contributed by atoms with E-state index in [-0.39, 0.29) is 0 Å². The lowest BCUT2D eigenvalue weighted by molar-refractivity contribution is 0.134.